The van der Waals surface area contributed by atoms with E-state index in [4.69, 9.17) is 0 Å². The van der Waals surface area contributed by atoms with Crippen molar-refractivity contribution in [3.63, 3.8) is 0 Å². The van der Waals surface area contributed by atoms with Crippen LogP contribution in [0.3, 0.4) is 0 Å². The monoisotopic (exact) mass is 463 g/mol. The third kappa shape index (κ3) is 5.33. The second-order valence-electron chi connectivity index (χ2n) is 10.3. The Labute approximate surface area is 210 Å². The maximum atomic E-state index is 14.1. The van der Waals surface area contributed by atoms with Gasteiger partial charge < -0.3 is 0 Å². The number of carbonyl (C=O) groups is 1. The normalized spacial score (nSPS) is 20.8. The van der Waals surface area contributed by atoms with Crippen LogP contribution in [0.2, 0.25) is 0 Å². The number of ketones is 1. The Balaban J connectivity index is 1.59. The lowest BCUT2D eigenvalue weighted by atomic mass is 9.79. The molecule has 2 nitrogen and oxygen atoms in total. The second kappa shape index (κ2) is 11.2. The molecule has 2 heteroatoms. The van der Waals surface area contributed by atoms with Crippen LogP contribution in [-0.4, -0.2) is 16.7 Å². The first kappa shape index (κ1) is 23.8. The summed E-state index contributed by atoms with van der Waals surface area (Å²) in [5.74, 6) is 1.07. The number of Topliss-reactive ketones (excluding diaryl/α,β-unsaturated/α-hetero) is 1. The molecule has 0 heterocycles. The van der Waals surface area contributed by atoms with E-state index in [2.05, 4.69) is 103 Å². The molecule has 0 saturated heterocycles. The van der Waals surface area contributed by atoms with Gasteiger partial charge in [0.05, 0.1) is 0 Å². The maximum absolute atomic E-state index is 14.1. The number of carbonyl (C=O) groups excluding carboxylic acids is 1. The van der Waals surface area contributed by atoms with Crippen molar-refractivity contribution in [2.75, 3.05) is 0 Å². The zero-order valence-corrected chi connectivity index (χ0v) is 20.9. The number of nitrogens with zero attached hydrogens (tertiary/aromatic N) is 1. The Hall–Kier alpha value is -2.97. The van der Waals surface area contributed by atoms with E-state index >= 15 is 0 Å². The smallest absolute Gasteiger partial charge is 0.164 e. The molecule has 3 aromatic carbocycles. The van der Waals surface area contributed by atoms with Crippen LogP contribution < -0.4 is 0 Å². The van der Waals surface area contributed by atoms with E-state index in [1.54, 1.807) is 0 Å². The standard InChI is InChI=1S/C33H37NO/c1-2-28-29-20-12-13-21-30(29)32(33(28)35)31(22-25-14-6-3-7-15-25)34(23-26-16-8-4-9-17-26)24-27-18-10-5-11-19-27/h3-11,14-19,28-29,31H,2,12-13,20-24H2,1H3/t28-,29-,31-/m0/s1. The van der Waals surface area contributed by atoms with Crippen molar-refractivity contribution in [1.82, 2.24) is 4.90 Å². The summed E-state index contributed by atoms with van der Waals surface area (Å²) in [5, 5.41) is 0. The average Bonchev–Trinajstić information content (AvgIpc) is 3.19. The van der Waals surface area contributed by atoms with Crippen molar-refractivity contribution in [2.45, 2.75) is 64.6 Å². The summed E-state index contributed by atoms with van der Waals surface area (Å²) in [5.41, 5.74) is 6.53. The van der Waals surface area contributed by atoms with Crippen molar-refractivity contribution >= 4 is 5.78 Å². The minimum atomic E-state index is 0.0810. The summed E-state index contributed by atoms with van der Waals surface area (Å²) in [4.78, 5) is 16.6. The van der Waals surface area contributed by atoms with Gasteiger partial charge in [-0.1, -0.05) is 110 Å². The molecule has 0 radical (unpaired) electrons. The molecule has 180 valence electrons. The number of allylic oxidation sites excluding steroid dienone is 1. The van der Waals surface area contributed by atoms with Crippen molar-refractivity contribution in [3.8, 4) is 0 Å². The van der Waals surface area contributed by atoms with Crippen molar-refractivity contribution in [1.29, 1.82) is 0 Å². The lowest BCUT2D eigenvalue weighted by Gasteiger charge is -2.34. The Morgan fingerprint density at radius 1 is 0.771 bits per heavy atom. The van der Waals surface area contributed by atoms with Gasteiger partial charge in [-0.25, -0.2) is 0 Å². The zero-order chi connectivity index (χ0) is 24.0. The first-order valence-corrected chi connectivity index (χ1v) is 13.4. The fourth-order valence-electron chi connectivity index (χ4n) is 6.37. The molecule has 1 saturated carbocycles. The van der Waals surface area contributed by atoms with E-state index in [9.17, 15) is 4.79 Å². The van der Waals surface area contributed by atoms with E-state index in [1.165, 1.54) is 41.5 Å². The van der Waals surface area contributed by atoms with E-state index in [0.717, 1.165) is 37.9 Å². The number of hydrogen-bond acceptors (Lipinski definition) is 2. The maximum Gasteiger partial charge on any atom is 0.164 e. The molecule has 3 atom stereocenters. The van der Waals surface area contributed by atoms with E-state index in [-0.39, 0.29) is 12.0 Å². The third-order valence-corrected chi connectivity index (χ3v) is 8.04. The van der Waals surface area contributed by atoms with Crippen molar-refractivity contribution < 1.29 is 4.79 Å². The van der Waals surface area contributed by atoms with Crippen LogP contribution in [0, 0.1) is 11.8 Å². The van der Waals surface area contributed by atoms with Gasteiger partial charge in [-0.3, -0.25) is 9.69 Å². The minimum Gasteiger partial charge on any atom is -0.294 e. The Morgan fingerprint density at radius 2 is 1.31 bits per heavy atom. The Bertz CT molecular complexity index is 1090. The molecule has 0 amide bonds. The quantitative estimate of drug-likeness (QED) is 0.330. The SMILES string of the molecule is CC[C@@H]1C(=O)C([C@H](Cc2ccccc2)N(Cc2ccccc2)Cc2ccccc2)=C2CCCC[C@H]21. The first-order valence-electron chi connectivity index (χ1n) is 13.4. The zero-order valence-electron chi connectivity index (χ0n) is 20.9. The van der Waals surface area contributed by atoms with Crippen LogP contribution in [0.15, 0.2) is 102 Å². The molecule has 0 aliphatic heterocycles. The van der Waals surface area contributed by atoms with Gasteiger partial charge in [0.25, 0.3) is 0 Å². The van der Waals surface area contributed by atoms with E-state index < -0.39 is 0 Å². The van der Waals surface area contributed by atoms with Gasteiger partial charge in [-0.05, 0) is 54.7 Å². The Kier molecular flexibility index (Phi) is 7.59. The molecule has 0 aromatic heterocycles. The topological polar surface area (TPSA) is 20.3 Å². The molecule has 1 fully saturated rings. The highest BCUT2D eigenvalue weighted by atomic mass is 16.1. The predicted molar refractivity (Wildman–Crippen MR) is 144 cm³/mol. The van der Waals surface area contributed by atoms with E-state index in [1.807, 2.05) is 0 Å². The molecular weight excluding hydrogens is 426 g/mol. The summed E-state index contributed by atoms with van der Waals surface area (Å²) in [7, 11) is 0. The van der Waals surface area contributed by atoms with Crippen molar-refractivity contribution in [3.05, 3.63) is 119 Å². The summed E-state index contributed by atoms with van der Waals surface area (Å²) in [6.07, 6.45) is 6.57. The van der Waals surface area contributed by atoms with Gasteiger partial charge in [-0.2, -0.15) is 0 Å². The second-order valence-corrected chi connectivity index (χ2v) is 10.3. The van der Waals surface area contributed by atoms with Gasteiger partial charge >= 0.3 is 0 Å². The average molecular weight is 464 g/mol. The van der Waals surface area contributed by atoms with Crippen LogP contribution in [0.4, 0.5) is 0 Å². The lowest BCUT2D eigenvalue weighted by molar-refractivity contribution is -0.120. The highest BCUT2D eigenvalue weighted by Crippen LogP contribution is 2.47. The summed E-state index contributed by atoms with van der Waals surface area (Å²) < 4.78 is 0. The minimum absolute atomic E-state index is 0.0810. The summed E-state index contributed by atoms with van der Waals surface area (Å²) in [6, 6.07) is 32.3. The number of benzene rings is 3. The largest absolute Gasteiger partial charge is 0.294 e. The number of fused-ring (bicyclic) bond motifs is 1. The number of rotatable bonds is 9. The summed E-state index contributed by atoms with van der Waals surface area (Å²) in [6.45, 7) is 3.87. The molecule has 5 rings (SSSR count). The number of hydrogen-bond donors (Lipinski definition) is 0. The predicted octanol–water partition coefficient (Wildman–Crippen LogP) is 7.40. The molecule has 0 bridgehead atoms. The van der Waals surface area contributed by atoms with Crippen LogP contribution >= 0.6 is 0 Å². The fraction of sp³-hybridized carbons (Fsp3) is 0.364. The Morgan fingerprint density at radius 3 is 1.86 bits per heavy atom. The molecule has 0 spiro atoms. The van der Waals surface area contributed by atoms with Crippen LogP contribution in [0.5, 0.6) is 0 Å². The van der Waals surface area contributed by atoms with E-state index in [0.29, 0.717) is 11.7 Å². The van der Waals surface area contributed by atoms with Crippen LogP contribution in [-0.2, 0) is 24.3 Å². The third-order valence-electron chi connectivity index (χ3n) is 8.04. The summed E-state index contributed by atoms with van der Waals surface area (Å²) >= 11 is 0. The highest BCUT2D eigenvalue weighted by molar-refractivity contribution is 6.02. The molecule has 3 aromatic rings. The van der Waals surface area contributed by atoms with Crippen molar-refractivity contribution in [2.24, 2.45) is 11.8 Å². The molecule has 2 aliphatic rings. The van der Waals surface area contributed by atoms with Gasteiger partial charge in [0.2, 0.25) is 0 Å². The fourth-order valence-corrected chi connectivity index (χ4v) is 6.37. The van der Waals surface area contributed by atoms with Crippen LogP contribution in [0.25, 0.3) is 0 Å². The van der Waals surface area contributed by atoms with Gasteiger partial charge in [0, 0.05) is 30.6 Å². The molecular formula is C33H37NO. The van der Waals surface area contributed by atoms with Gasteiger partial charge in [-0.15, -0.1) is 0 Å². The van der Waals surface area contributed by atoms with Crippen LogP contribution in [0.1, 0.15) is 55.7 Å². The molecule has 0 unspecified atom stereocenters. The molecule has 0 N–H and O–H groups in total. The molecule has 35 heavy (non-hydrogen) atoms. The first-order chi connectivity index (χ1) is 17.2. The van der Waals surface area contributed by atoms with Gasteiger partial charge in [0.1, 0.15) is 0 Å². The lowest BCUT2D eigenvalue weighted by Crippen LogP contribution is -2.40. The van der Waals surface area contributed by atoms with Gasteiger partial charge in [0.15, 0.2) is 5.78 Å². The molecule has 2 aliphatic carbocycles. The highest BCUT2D eigenvalue weighted by Gasteiger charge is 2.44.